The number of nitrogens with one attached hydrogen (secondary N) is 1. The van der Waals surface area contributed by atoms with Gasteiger partial charge in [-0.25, -0.2) is 4.68 Å². The molecule has 1 amide bonds. The summed E-state index contributed by atoms with van der Waals surface area (Å²) in [4.78, 5) is 12.2. The lowest BCUT2D eigenvalue weighted by Gasteiger charge is -2.07. The number of benzene rings is 2. The molecule has 0 saturated carbocycles. The van der Waals surface area contributed by atoms with Crippen molar-refractivity contribution >= 4 is 5.91 Å². The van der Waals surface area contributed by atoms with Crippen LogP contribution in [-0.4, -0.2) is 27.3 Å². The van der Waals surface area contributed by atoms with E-state index in [0.29, 0.717) is 12.1 Å². The van der Waals surface area contributed by atoms with Crippen LogP contribution in [0, 0.1) is 6.92 Å². The molecule has 25 heavy (non-hydrogen) atoms. The predicted octanol–water partition coefficient (Wildman–Crippen LogP) is 2.65. The first-order valence-electron chi connectivity index (χ1n) is 8.24. The van der Waals surface area contributed by atoms with E-state index in [1.165, 1.54) is 0 Å². The molecule has 0 aliphatic heterocycles. The lowest BCUT2D eigenvalue weighted by Crippen LogP contribution is -2.25. The number of aromatic nitrogens is 2. The standard InChI is InChI=1S/C20H21N3O2/c1-15-12-22-23(13-15)19-8-6-18(7-9-19)20(25)21-11-10-16-2-4-17(14-24)5-3-16/h2-9,12-13,24H,10-11,14H2,1H3,(H,21,25). The number of amides is 1. The van der Waals surface area contributed by atoms with Gasteiger partial charge in [-0.15, -0.1) is 0 Å². The molecular weight excluding hydrogens is 314 g/mol. The normalized spacial score (nSPS) is 10.6. The zero-order valence-electron chi connectivity index (χ0n) is 14.1. The van der Waals surface area contributed by atoms with Crippen LogP contribution in [0.25, 0.3) is 5.69 Å². The minimum atomic E-state index is -0.0878. The fraction of sp³-hybridized carbons (Fsp3) is 0.200. The summed E-state index contributed by atoms with van der Waals surface area (Å²) in [6.45, 7) is 2.60. The topological polar surface area (TPSA) is 67.2 Å². The Balaban J connectivity index is 1.54. The van der Waals surface area contributed by atoms with E-state index >= 15 is 0 Å². The first kappa shape index (κ1) is 16.9. The van der Waals surface area contributed by atoms with Crippen LogP contribution >= 0.6 is 0 Å². The largest absolute Gasteiger partial charge is 0.392 e. The Morgan fingerprint density at radius 2 is 1.76 bits per heavy atom. The zero-order chi connectivity index (χ0) is 17.6. The van der Waals surface area contributed by atoms with Gasteiger partial charge in [-0.2, -0.15) is 5.10 Å². The Hall–Kier alpha value is -2.92. The molecule has 0 bridgehead atoms. The molecule has 0 spiro atoms. The molecule has 0 aliphatic carbocycles. The lowest BCUT2D eigenvalue weighted by molar-refractivity contribution is 0.0954. The Labute approximate surface area is 146 Å². The highest BCUT2D eigenvalue weighted by molar-refractivity contribution is 5.94. The number of aliphatic hydroxyl groups is 1. The van der Waals surface area contributed by atoms with Crippen molar-refractivity contribution in [2.75, 3.05) is 6.54 Å². The number of nitrogens with zero attached hydrogens (tertiary/aromatic N) is 2. The predicted molar refractivity (Wildman–Crippen MR) is 96.7 cm³/mol. The van der Waals surface area contributed by atoms with Crippen molar-refractivity contribution in [3.05, 3.63) is 83.2 Å². The van der Waals surface area contributed by atoms with Gasteiger partial charge in [0.15, 0.2) is 0 Å². The lowest BCUT2D eigenvalue weighted by atomic mass is 10.1. The molecule has 0 radical (unpaired) electrons. The van der Waals surface area contributed by atoms with E-state index in [4.69, 9.17) is 5.11 Å². The molecule has 2 aromatic carbocycles. The van der Waals surface area contributed by atoms with Crippen molar-refractivity contribution < 1.29 is 9.90 Å². The molecule has 1 heterocycles. The molecule has 1 aromatic heterocycles. The second kappa shape index (κ2) is 7.77. The van der Waals surface area contributed by atoms with Crippen molar-refractivity contribution in [1.29, 1.82) is 0 Å². The molecule has 3 aromatic rings. The molecule has 0 aliphatic rings. The van der Waals surface area contributed by atoms with Crippen LogP contribution in [0.2, 0.25) is 0 Å². The molecule has 5 nitrogen and oxygen atoms in total. The van der Waals surface area contributed by atoms with E-state index in [0.717, 1.165) is 28.8 Å². The van der Waals surface area contributed by atoms with Gasteiger partial charge in [0, 0.05) is 18.3 Å². The van der Waals surface area contributed by atoms with Crippen LogP contribution in [0.4, 0.5) is 0 Å². The maximum absolute atomic E-state index is 12.2. The van der Waals surface area contributed by atoms with E-state index in [-0.39, 0.29) is 12.5 Å². The fourth-order valence-electron chi connectivity index (χ4n) is 2.55. The fourth-order valence-corrected chi connectivity index (χ4v) is 2.55. The van der Waals surface area contributed by atoms with E-state index in [9.17, 15) is 4.79 Å². The summed E-state index contributed by atoms with van der Waals surface area (Å²) in [5.41, 5.74) is 4.66. The molecule has 0 atom stereocenters. The summed E-state index contributed by atoms with van der Waals surface area (Å²) in [6, 6.07) is 15.1. The summed E-state index contributed by atoms with van der Waals surface area (Å²) < 4.78 is 1.78. The smallest absolute Gasteiger partial charge is 0.251 e. The van der Waals surface area contributed by atoms with E-state index in [2.05, 4.69) is 10.4 Å². The van der Waals surface area contributed by atoms with Crippen molar-refractivity contribution in [3.63, 3.8) is 0 Å². The van der Waals surface area contributed by atoms with Crippen LogP contribution < -0.4 is 5.32 Å². The maximum atomic E-state index is 12.2. The zero-order valence-corrected chi connectivity index (χ0v) is 14.1. The Bertz CT molecular complexity index is 836. The van der Waals surface area contributed by atoms with Crippen LogP contribution in [0.5, 0.6) is 0 Å². The summed E-state index contributed by atoms with van der Waals surface area (Å²) in [5, 5.41) is 16.2. The summed E-state index contributed by atoms with van der Waals surface area (Å²) in [6.07, 6.45) is 4.49. The highest BCUT2D eigenvalue weighted by atomic mass is 16.3. The number of carbonyl (C=O) groups is 1. The van der Waals surface area contributed by atoms with Crippen LogP contribution in [0.1, 0.15) is 27.0 Å². The molecule has 128 valence electrons. The van der Waals surface area contributed by atoms with E-state index in [1.54, 1.807) is 23.0 Å². The quantitative estimate of drug-likeness (QED) is 0.728. The second-order valence-electron chi connectivity index (χ2n) is 5.99. The van der Waals surface area contributed by atoms with Gasteiger partial charge in [-0.3, -0.25) is 4.79 Å². The SMILES string of the molecule is Cc1cnn(-c2ccc(C(=O)NCCc3ccc(CO)cc3)cc2)c1. The van der Waals surface area contributed by atoms with Crippen molar-refractivity contribution in [3.8, 4) is 5.69 Å². The Morgan fingerprint density at radius 1 is 1.08 bits per heavy atom. The van der Waals surface area contributed by atoms with Gasteiger partial charge >= 0.3 is 0 Å². The summed E-state index contributed by atoms with van der Waals surface area (Å²) in [5.74, 6) is -0.0878. The van der Waals surface area contributed by atoms with Crippen LogP contribution in [0.3, 0.4) is 0 Å². The molecule has 0 unspecified atom stereocenters. The van der Waals surface area contributed by atoms with Gasteiger partial charge in [0.2, 0.25) is 0 Å². The summed E-state index contributed by atoms with van der Waals surface area (Å²) in [7, 11) is 0. The number of carbonyl (C=O) groups excluding carboxylic acids is 1. The van der Waals surface area contributed by atoms with Crippen molar-refractivity contribution in [1.82, 2.24) is 15.1 Å². The average Bonchev–Trinajstić information content (AvgIpc) is 3.09. The van der Waals surface area contributed by atoms with E-state index in [1.807, 2.05) is 49.5 Å². The number of aliphatic hydroxyl groups excluding tert-OH is 1. The number of hydrogen-bond acceptors (Lipinski definition) is 3. The van der Waals surface area contributed by atoms with Gasteiger partial charge in [-0.05, 0) is 54.3 Å². The summed E-state index contributed by atoms with van der Waals surface area (Å²) >= 11 is 0. The third-order valence-corrected chi connectivity index (χ3v) is 4.01. The second-order valence-corrected chi connectivity index (χ2v) is 5.99. The van der Waals surface area contributed by atoms with Crippen LogP contribution in [-0.2, 0) is 13.0 Å². The monoisotopic (exact) mass is 335 g/mol. The highest BCUT2D eigenvalue weighted by Crippen LogP contribution is 2.10. The maximum Gasteiger partial charge on any atom is 0.251 e. The molecule has 0 fully saturated rings. The van der Waals surface area contributed by atoms with Gasteiger partial charge in [0.1, 0.15) is 0 Å². The van der Waals surface area contributed by atoms with Gasteiger partial charge < -0.3 is 10.4 Å². The first-order chi connectivity index (χ1) is 12.2. The number of hydrogen-bond donors (Lipinski definition) is 2. The van der Waals surface area contributed by atoms with Gasteiger partial charge in [-0.1, -0.05) is 24.3 Å². The third kappa shape index (κ3) is 4.33. The molecule has 5 heteroatoms. The van der Waals surface area contributed by atoms with E-state index < -0.39 is 0 Å². The molecular formula is C20H21N3O2. The van der Waals surface area contributed by atoms with Gasteiger partial charge in [0.25, 0.3) is 5.91 Å². The minimum absolute atomic E-state index is 0.0467. The molecule has 3 rings (SSSR count). The Kier molecular flexibility index (Phi) is 5.26. The number of rotatable bonds is 6. The third-order valence-electron chi connectivity index (χ3n) is 4.01. The van der Waals surface area contributed by atoms with Crippen LogP contribution in [0.15, 0.2) is 60.9 Å². The molecule has 2 N–H and O–H groups in total. The highest BCUT2D eigenvalue weighted by Gasteiger charge is 2.06. The average molecular weight is 335 g/mol. The molecule has 0 saturated heterocycles. The van der Waals surface area contributed by atoms with Crippen molar-refractivity contribution in [2.45, 2.75) is 20.0 Å². The number of aryl methyl sites for hydroxylation is 1. The van der Waals surface area contributed by atoms with Gasteiger partial charge in [0.05, 0.1) is 18.5 Å². The van der Waals surface area contributed by atoms with Crippen molar-refractivity contribution in [2.24, 2.45) is 0 Å². The first-order valence-corrected chi connectivity index (χ1v) is 8.24. The Morgan fingerprint density at radius 3 is 2.36 bits per heavy atom. The minimum Gasteiger partial charge on any atom is -0.392 e.